The van der Waals surface area contributed by atoms with Gasteiger partial charge in [0.2, 0.25) is 0 Å². The minimum Gasteiger partial charge on any atom is -0.465 e. The van der Waals surface area contributed by atoms with Crippen molar-refractivity contribution < 1.29 is 19.1 Å². The molecule has 0 saturated carbocycles. The van der Waals surface area contributed by atoms with Gasteiger partial charge in [0, 0.05) is 24.9 Å². The van der Waals surface area contributed by atoms with Crippen LogP contribution in [0, 0.1) is 5.82 Å². The summed E-state index contributed by atoms with van der Waals surface area (Å²) < 4.78 is 13.6. The summed E-state index contributed by atoms with van der Waals surface area (Å²) >= 11 is 5.68. The molecule has 1 N–H and O–H groups in total. The molecule has 108 valence electrons. The zero-order chi connectivity index (χ0) is 14.8. The maximum absolute atomic E-state index is 13.6. The molecule has 4 nitrogen and oxygen atoms in total. The van der Waals surface area contributed by atoms with Gasteiger partial charge in [0.1, 0.15) is 12.1 Å². The van der Waals surface area contributed by atoms with Crippen molar-refractivity contribution in [2.24, 2.45) is 0 Å². The maximum Gasteiger partial charge on any atom is 0.407 e. The quantitative estimate of drug-likeness (QED) is 0.873. The highest BCUT2D eigenvalue weighted by Crippen LogP contribution is 2.39. The lowest BCUT2D eigenvalue weighted by Crippen LogP contribution is -2.45. The van der Waals surface area contributed by atoms with Crippen LogP contribution in [0.3, 0.4) is 0 Å². The number of piperidine rings is 1. The highest BCUT2D eigenvalue weighted by atomic mass is 35.5. The lowest BCUT2D eigenvalue weighted by Gasteiger charge is -2.40. The highest BCUT2D eigenvalue weighted by Gasteiger charge is 2.37. The first-order chi connectivity index (χ1) is 9.48. The van der Waals surface area contributed by atoms with Crippen molar-refractivity contribution in [2.45, 2.75) is 24.7 Å². The van der Waals surface area contributed by atoms with E-state index >= 15 is 0 Å². The minimum atomic E-state index is -0.966. The van der Waals surface area contributed by atoms with E-state index in [0.717, 1.165) is 6.29 Å². The van der Waals surface area contributed by atoms with Crippen LogP contribution in [-0.2, 0) is 10.2 Å². The van der Waals surface area contributed by atoms with Gasteiger partial charge in [-0.15, -0.1) is 0 Å². The zero-order valence-corrected chi connectivity index (χ0v) is 11.6. The fourth-order valence-corrected chi connectivity index (χ4v) is 2.84. The van der Waals surface area contributed by atoms with E-state index in [4.69, 9.17) is 16.7 Å². The van der Waals surface area contributed by atoms with Crippen molar-refractivity contribution >= 4 is 24.0 Å². The van der Waals surface area contributed by atoms with Crippen LogP contribution in [0.4, 0.5) is 9.18 Å². The molecule has 0 atom stereocenters. The lowest BCUT2D eigenvalue weighted by molar-refractivity contribution is -0.109. The van der Waals surface area contributed by atoms with Crippen LogP contribution in [0.25, 0.3) is 0 Å². The average Bonchev–Trinajstić information content (AvgIpc) is 2.42. The first-order valence-electron chi connectivity index (χ1n) is 6.35. The van der Waals surface area contributed by atoms with E-state index in [9.17, 15) is 14.0 Å². The number of amides is 1. The zero-order valence-electron chi connectivity index (χ0n) is 10.8. The number of carbonyl (C=O) groups is 2. The van der Waals surface area contributed by atoms with E-state index < -0.39 is 17.3 Å². The number of benzene rings is 1. The van der Waals surface area contributed by atoms with E-state index in [-0.39, 0.29) is 11.4 Å². The monoisotopic (exact) mass is 299 g/mol. The second-order valence-electron chi connectivity index (χ2n) is 5.05. The Labute approximate surface area is 121 Å². The molecule has 1 aromatic carbocycles. The van der Waals surface area contributed by atoms with Crippen LogP contribution < -0.4 is 0 Å². The minimum absolute atomic E-state index is 0.0398. The van der Waals surface area contributed by atoms with Gasteiger partial charge in [0.15, 0.2) is 0 Å². The van der Waals surface area contributed by atoms with Gasteiger partial charge < -0.3 is 14.8 Å². The van der Waals surface area contributed by atoms with Crippen molar-refractivity contribution in [1.29, 1.82) is 0 Å². The number of nitrogens with zero attached hydrogens (tertiary/aromatic N) is 1. The number of rotatable bonds is 3. The molecule has 0 aromatic heterocycles. The summed E-state index contributed by atoms with van der Waals surface area (Å²) in [5.74, 6) is -0.518. The Hall–Kier alpha value is -1.62. The Balaban J connectivity index is 2.29. The normalized spacial score (nSPS) is 17.8. The Morgan fingerprint density at radius 2 is 2.10 bits per heavy atom. The summed E-state index contributed by atoms with van der Waals surface area (Å²) in [6.07, 6.45) is 1.09. The predicted octanol–water partition coefficient (Wildman–Crippen LogP) is 3.08. The second kappa shape index (κ2) is 5.79. The van der Waals surface area contributed by atoms with E-state index in [1.165, 1.54) is 17.0 Å². The summed E-state index contributed by atoms with van der Waals surface area (Å²) in [7, 11) is 0. The summed E-state index contributed by atoms with van der Waals surface area (Å²) in [5.41, 5.74) is 0.204. The third-order valence-electron chi connectivity index (χ3n) is 4.00. The second-order valence-corrected chi connectivity index (χ2v) is 5.46. The van der Waals surface area contributed by atoms with Crippen LogP contribution >= 0.6 is 11.6 Å². The molecule has 1 aromatic rings. The molecule has 1 amide bonds. The van der Waals surface area contributed by atoms with Gasteiger partial charge in [0.05, 0.1) is 5.02 Å². The molecule has 6 heteroatoms. The lowest BCUT2D eigenvalue weighted by atomic mass is 9.71. The number of likely N-dealkylation sites (tertiary alicyclic amines) is 1. The molecular weight excluding hydrogens is 285 g/mol. The van der Waals surface area contributed by atoms with Crippen molar-refractivity contribution in [2.75, 3.05) is 13.1 Å². The Morgan fingerprint density at radius 3 is 2.60 bits per heavy atom. The number of halogens is 2. The van der Waals surface area contributed by atoms with Crippen molar-refractivity contribution in [3.05, 3.63) is 34.6 Å². The molecule has 0 bridgehead atoms. The summed E-state index contributed by atoms with van der Waals surface area (Å²) in [6.45, 7) is 0.681. The van der Waals surface area contributed by atoms with E-state index in [1.54, 1.807) is 6.07 Å². The molecule has 1 aliphatic rings. The van der Waals surface area contributed by atoms with Crippen molar-refractivity contribution in [1.82, 2.24) is 4.90 Å². The third kappa shape index (κ3) is 2.77. The largest absolute Gasteiger partial charge is 0.465 e. The molecule has 0 spiro atoms. The Kier molecular flexibility index (Phi) is 4.28. The van der Waals surface area contributed by atoms with E-state index in [1.807, 2.05) is 0 Å². The van der Waals surface area contributed by atoms with E-state index in [0.29, 0.717) is 31.5 Å². The highest BCUT2D eigenvalue weighted by molar-refractivity contribution is 6.30. The maximum atomic E-state index is 13.6. The van der Waals surface area contributed by atoms with Gasteiger partial charge in [0.25, 0.3) is 0 Å². The first-order valence-corrected chi connectivity index (χ1v) is 6.73. The van der Waals surface area contributed by atoms with Crippen LogP contribution in [-0.4, -0.2) is 35.5 Å². The van der Waals surface area contributed by atoms with Crippen LogP contribution in [0.1, 0.15) is 24.8 Å². The standard InChI is InChI=1S/C14H15ClFNO3/c15-11-2-1-10(9-12(11)16)14(5-8-18)3-6-17(7-4-14)13(19)20/h1-2,8-9H,3-7H2,(H,19,20). The topological polar surface area (TPSA) is 57.6 Å². The molecule has 1 saturated heterocycles. The number of carbonyl (C=O) groups excluding carboxylic acids is 1. The summed E-state index contributed by atoms with van der Waals surface area (Å²) in [4.78, 5) is 23.2. The number of aldehydes is 1. The molecular formula is C14H15ClFNO3. The van der Waals surface area contributed by atoms with Crippen molar-refractivity contribution in [3.8, 4) is 0 Å². The van der Waals surface area contributed by atoms with Gasteiger partial charge in [-0.1, -0.05) is 17.7 Å². The molecule has 0 radical (unpaired) electrons. The molecule has 0 unspecified atom stereocenters. The predicted molar refractivity (Wildman–Crippen MR) is 72.6 cm³/mol. The summed E-state index contributed by atoms with van der Waals surface area (Å²) in [6, 6.07) is 4.54. The summed E-state index contributed by atoms with van der Waals surface area (Å²) in [5, 5.41) is 9.01. The number of carboxylic acid groups (broad SMARTS) is 1. The fraction of sp³-hybridized carbons (Fsp3) is 0.429. The van der Waals surface area contributed by atoms with Gasteiger partial charge >= 0.3 is 6.09 Å². The van der Waals surface area contributed by atoms with Crippen LogP contribution in [0.2, 0.25) is 5.02 Å². The van der Waals surface area contributed by atoms with Crippen molar-refractivity contribution in [3.63, 3.8) is 0 Å². The number of hydrogen-bond acceptors (Lipinski definition) is 2. The van der Waals surface area contributed by atoms with Crippen LogP contribution in [0.5, 0.6) is 0 Å². The molecule has 1 heterocycles. The Bertz CT molecular complexity index is 527. The molecule has 20 heavy (non-hydrogen) atoms. The molecule has 2 rings (SSSR count). The van der Waals surface area contributed by atoms with Gasteiger partial charge in [-0.2, -0.15) is 0 Å². The SMILES string of the molecule is O=CCC1(c2ccc(Cl)c(F)c2)CCN(C(=O)O)CC1. The molecule has 1 fully saturated rings. The van der Waals surface area contributed by atoms with Crippen LogP contribution in [0.15, 0.2) is 18.2 Å². The third-order valence-corrected chi connectivity index (χ3v) is 4.30. The number of hydrogen-bond donors (Lipinski definition) is 1. The van der Waals surface area contributed by atoms with E-state index in [2.05, 4.69) is 0 Å². The smallest absolute Gasteiger partial charge is 0.407 e. The average molecular weight is 300 g/mol. The Morgan fingerprint density at radius 1 is 1.45 bits per heavy atom. The molecule has 0 aliphatic carbocycles. The van der Waals surface area contributed by atoms with Gasteiger partial charge in [-0.3, -0.25) is 0 Å². The van der Waals surface area contributed by atoms with Gasteiger partial charge in [-0.25, -0.2) is 9.18 Å². The molecule has 1 aliphatic heterocycles. The fourth-order valence-electron chi connectivity index (χ4n) is 2.72. The first kappa shape index (κ1) is 14.8. The van der Waals surface area contributed by atoms with Gasteiger partial charge in [-0.05, 0) is 30.5 Å².